The number of ether oxygens (including phenoxy) is 1. The average Bonchev–Trinajstić information content (AvgIpc) is 2.79. The van der Waals surface area contributed by atoms with Crippen LogP contribution in [-0.4, -0.2) is 60.3 Å². The first kappa shape index (κ1) is 27.6. The van der Waals surface area contributed by atoms with Gasteiger partial charge in [0.2, 0.25) is 5.91 Å². The van der Waals surface area contributed by atoms with Crippen LogP contribution in [0.5, 0.6) is 5.75 Å². The number of fused-ring (bicyclic) bond motifs is 1. The Hall–Kier alpha value is -1.63. The van der Waals surface area contributed by atoms with Gasteiger partial charge in [0.1, 0.15) is 17.5 Å². The number of hydrogen-bond donors (Lipinski definition) is 3. The van der Waals surface area contributed by atoms with Crippen LogP contribution in [0.2, 0.25) is 0 Å². The lowest BCUT2D eigenvalue weighted by molar-refractivity contribution is -0.120. The smallest absolute Gasteiger partial charge is 0.224 e. The lowest BCUT2D eigenvalue weighted by atomic mass is 9.85. The number of benzene rings is 1. The zero-order chi connectivity index (χ0) is 24.4. The molecule has 0 saturated heterocycles. The molecule has 1 aromatic carbocycles. The van der Waals surface area contributed by atoms with Crippen LogP contribution in [0.15, 0.2) is 18.2 Å². The predicted octanol–water partition coefficient (Wildman–Crippen LogP) is 4.07. The maximum Gasteiger partial charge on any atom is 0.224 e. The van der Waals surface area contributed by atoms with Crippen molar-refractivity contribution >= 4 is 5.91 Å². The van der Waals surface area contributed by atoms with Crippen molar-refractivity contribution in [2.45, 2.75) is 91.4 Å². The first-order valence-electron chi connectivity index (χ1n) is 13.0. The number of carbonyl (C=O) groups is 1. The minimum Gasteiger partial charge on any atom is -0.485 e. The minimum absolute atomic E-state index is 0.0284. The summed E-state index contributed by atoms with van der Waals surface area (Å²) in [5.41, 5.74) is 1.20. The Balaban J connectivity index is 2.04. The zero-order valence-corrected chi connectivity index (χ0v) is 21.7. The Kier molecular flexibility index (Phi) is 11.1. The number of nitrogens with one attached hydrogen (secondary N) is 2. The molecule has 3 N–H and O–H groups in total. The third kappa shape index (κ3) is 7.97. The van der Waals surface area contributed by atoms with Gasteiger partial charge in [-0.15, -0.1) is 0 Å². The van der Waals surface area contributed by atoms with Crippen LogP contribution in [0, 0.1) is 5.92 Å². The highest BCUT2D eigenvalue weighted by Gasteiger charge is 2.42. The molecule has 1 aromatic rings. The molecule has 0 unspecified atom stereocenters. The molecule has 188 valence electrons. The fourth-order valence-electron chi connectivity index (χ4n) is 4.46. The number of aliphatic hydroxyl groups excluding tert-OH is 1. The van der Waals surface area contributed by atoms with Crippen LogP contribution < -0.4 is 15.4 Å². The molecule has 2 rings (SSSR count). The molecule has 33 heavy (non-hydrogen) atoms. The Labute approximate surface area is 201 Å². The average molecular weight is 462 g/mol. The maximum atomic E-state index is 12.6. The molecule has 0 bridgehead atoms. The van der Waals surface area contributed by atoms with Gasteiger partial charge in [-0.05, 0) is 63.5 Å². The molecule has 2 atom stereocenters. The van der Waals surface area contributed by atoms with E-state index in [4.69, 9.17) is 4.74 Å². The van der Waals surface area contributed by atoms with Gasteiger partial charge in [-0.1, -0.05) is 53.0 Å². The summed E-state index contributed by atoms with van der Waals surface area (Å²) in [6.45, 7) is 17.1. The lowest BCUT2D eigenvalue weighted by Gasteiger charge is -2.43. The second-order valence-corrected chi connectivity index (χ2v) is 9.91. The normalized spacial score (nSPS) is 19.4. The van der Waals surface area contributed by atoms with Crippen molar-refractivity contribution in [2.24, 2.45) is 5.92 Å². The van der Waals surface area contributed by atoms with Gasteiger partial charge >= 0.3 is 0 Å². The largest absolute Gasteiger partial charge is 0.485 e. The summed E-state index contributed by atoms with van der Waals surface area (Å²) in [6, 6.07) is 5.71. The highest BCUT2D eigenvalue weighted by Crippen LogP contribution is 2.40. The van der Waals surface area contributed by atoms with Crippen LogP contribution in [-0.2, 0) is 11.2 Å². The van der Waals surface area contributed by atoms with Gasteiger partial charge < -0.3 is 25.4 Å². The molecule has 0 saturated carbocycles. The van der Waals surface area contributed by atoms with Gasteiger partial charge in [-0.3, -0.25) is 4.79 Å². The fourth-order valence-corrected chi connectivity index (χ4v) is 4.46. The molecular formula is C27H47N3O3. The molecule has 0 aromatic heterocycles. The van der Waals surface area contributed by atoms with Gasteiger partial charge in [0.15, 0.2) is 0 Å². The van der Waals surface area contributed by atoms with E-state index in [1.807, 2.05) is 32.0 Å². The Morgan fingerprint density at radius 2 is 1.91 bits per heavy atom. The van der Waals surface area contributed by atoms with E-state index in [1.54, 1.807) is 0 Å². The van der Waals surface area contributed by atoms with E-state index in [2.05, 4.69) is 43.2 Å². The van der Waals surface area contributed by atoms with Crippen LogP contribution in [0.25, 0.3) is 0 Å². The van der Waals surface area contributed by atoms with Crippen LogP contribution >= 0.6 is 0 Å². The van der Waals surface area contributed by atoms with Gasteiger partial charge in [0.25, 0.3) is 0 Å². The Bertz CT molecular complexity index is 733. The van der Waals surface area contributed by atoms with Crippen LogP contribution in [0.3, 0.4) is 0 Å². The first-order valence-corrected chi connectivity index (χ1v) is 13.0. The predicted molar refractivity (Wildman–Crippen MR) is 136 cm³/mol. The van der Waals surface area contributed by atoms with Gasteiger partial charge in [0.05, 0.1) is 12.5 Å². The van der Waals surface area contributed by atoms with Crippen molar-refractivity contribution in [2.75, 3.05) is 32.7 Å². The number of nitrogens with zero attached hydrogens (tertiary/aromatic N) is 1. The molecular weight excluding hydrogens is 414 g/mol. The standard InChI is InChI=1S/C27H47N3O3/c1-7-11-15-30(10-4)16-14-28-24(31)18-21-12-13-23-22(17-21)25(26(32)27(5,6)33-23)29-19-20(8-2)9-3/h12-13,17,20,25-26,29,32H,7-11,14-16,18-19H2,1-6H3,(H,28,31)/t25-,26+/m1/s1. The van der Waals surface area contributed by atoms with E-state index < -0.39 is 11.7 Å². The van der Waals surface area contributed by atoms with E-state index >= 15 is 0 Å². The minimum atomic E-state index is -0.680. The number of hydrogen-bond acceptors (Lipinski definition) is 5. The second kappa shape index (κ2) is 13.3. The Morgan fingerprint density at radius 3 is 2.55 bits per heavy atom. The number of amides is 1. The van der Waals surface area contributed by atoms with Crippen LogP contribution in [0.4, 0.5) is 0 Å². The summed E-state index contributed by atoms with van der Waals surface area (Å²) in [6.07, 6.45) is 4.23. The fraction of sp³-hybridized carbons (Fsp3) is 0.741. The van der Waals surface area contributed by atoms with E-state index in [0.717, 1.165) is 55.9 Å². The van der Waals surface area contributed by atoms with E-state index in [1.165, 1.54) is 12.8 Å². The topological polar surface area (TPSA) is 73.8 Å². The molecule has 6 heteroatoms. The van der Waals surface area contributed by atoms with Gasteiger partial charge in [0, 0.05) is 18.7 Å². The van der Waals surface area contributed by atoms with Crippen molar-refractivity contribution in [3.63, 3.8) is 0 Å². The highest BCUT2D eigenvalue weighted by molar-refractivity contribution is 5.78. The molecule has 6 nitrogen and oxygen atoms in total. The van der Waals surface area contributed by atoms with E-state index in [9.17, 15) is 9.90 Å². The summed E-state index contributed by atoms with van der Waals surface area (Å²) >= 11 is 0. The Morgan fingerprint density at radius 1 is 1.18 bits per heavy atom. The molecule has 0 aliphatic carbocycles. The van der Waals surface area contributed by atoms with Crippen LogP contribution in [0.1, 0.15) is 84.4 Å². The highest BCUT2D eigenvalue weighted by atomic mass is 16.5. The van der Waals surface area contributed by atoms with Gasteiger partial charge in [-0.2, -0.15) is 0 Å². The maximum absolute atomic E-state index is 12.6. The molecule has 0 fully saturated rings. The summed E-state index contributed by atoms with van der Waals surface area (Å²) in [5, 5.41) is 17.7. The molecule has 1 aliphatic heterocycles. The molecule has 1 aliphatic rings. The summed E-state index contributed by atoms with van der Waals surface area (Å²) in [4.78, 5) is 15.0. The lowest BCUT2D eigenvalue weighted by Crippen LogP contribution is -2.53. The first-order chi connectivity index (χ1) is 15.7. The monoisotopic (exact) mass is 461 g/mol. The molecule has 1 amide bonds. The molecule has 1 heterocycles. The third-order valence-corrected chi connectivity index (χ3v) is 6.98. The quantitative estimate of drug-likeness (QED) is 0.390. The van der Waals surface area contributed by atoms with Gasteiger partial charge in [-0.25, -0.2) is 0 Å². The molecule has 0 spiro atoms. The number of carbonyl (C=O) groups excluding carboxylic acids is 1. The van der Waals surface area contributed by atoms with Crippen molar-refractivity contribution < 1.29 is 14.6 Å². The zero-order valence-electron chi connectivity index (χ0n) is 21.7. The third-order valence-electron chi connectivity index (χ3n) is 6.98. The SMILES string of the molecule is CCCCN(CC)CCNC(=O)Cc1ccc2c(c1)[C@@H](NCC(CC)CC)[C@H](O)C(C)(C)O2. The van der Waals surface area contributed by atoms with E-state index in [-0.39, 0.29) is 11.9 Å². The van der Waals surface area contributed by atoms with E-state index in [0.29, 0.717) is 18.9 Å². The number of unbranched alkanes of at least 4 members (excludes halogenated alkanes) is 1. The second-order valence-electron chi connectivity index (χ2n) is 9.91. The summed E-state index contributed by atoms with van der Waals surface area (Å²) in [7, 11) is 0. The van der Waals surface area contributed by atoms with Crippen molar-refractivity contribution in [3.8, 4) is 5.75 Å². The van der Waals surface area contributed by atoms with Crippen molar-refractivity contribution in [1.29, 1.82) is 0 Å². The number of aliphatic hydroxyl groups is 1. The molecule has 0 radical (unpaired) electrons. The number of rotatable bonds is 14. The van der Waals surface area contributed by atoms with Crippen molar-refractivity contribution in [3.05, 3.63) is 29.3 Å². The number of likely N-dealkylation sites (N-methyl/N-ethyl adjacent to an activating group) is 1. The summed E-state index contributed by atoms with van der Waals surface area (Å²) in [5.74, 6) is 1.38. The summed E-state index contributed by atoms with van der Waals surface area (Å²) < 4.78 is 6.12. The van der Waals surface area contributed by atoms with Crippen molar-refractivity contribution in [1.82, 2.24) is 15.5 Å².